The lowest BCUT2D eigenvalue weighted by molar-refractivity contribution is -0.384. The van der Waals surface area contributed by atoms with Gasteiger partial charge in [0, 0.05) is 23.2 Å². The predicted molar refractivity (Wildman–Crippen MR) is 66.6 cm³/mol. The summed E-state index contributed by atoms with van der Waals surface area (Å²) in [6.45, 7) is 0.903. The van der Waals surface area contributed by atoms with E-state index in [-0.39, 0.29) is 10.6 Å². The summed E-state index contributed by atoms with van der Waals surface area (Å²) in [5.74, 6) is 0.728. The first-order chi connectivity index (χ1) is 7.66. The van der Waals surface area contributed by atoms with E-state index in [1.807, 2.05) is 0 Å². The highest BCUT2D eigenvalue weighted by molar-refractivity contribution is 9.10. The van der Waals surface area contributed by atoms with E-state index < -0.39 is 0 Å². The van der Waals surface area contributed by atoms with Crippen LogP contribution in [0.1, 0.15) is 19.3 Å². The van der Waals surface area contributed by atoms with Crippen LogP contribution in [0.25, 0.3) is 0 Å². The molecule has 1 aromatic rings. The third kappa shape index (κ3) is 2.52. The van der Waals surface area contributed by atoms with E-state index in [9.17, 15) is 10.1 Å². The lowest BCUT2D eigenvalue weighted by Crippen LogP contribution is -2.21. The smallest absolute Gasteiger partial charge is 0.271 e. The molecule has 4 nitrogen and oxygen atoms in total. The van der Waals surface area contributed by atoms with Crippen LogP contribution in [0.15, 0.2) is 22.7 Å². The zero-order valence-electron chi connectivity index (χ0n) is 8.78. The molecule has 16 heavy (non-hydrogen) atoms. The van der Waals surface area contributed by atoms with Crippen LogP contribution >= 0.6 is 15.9 Å². The maximum absolute atomic E-state index is 10.6. The van der Waals surface area contributed by atoms with Crippen molar-refractivity contribution in [3.8, 4) is 0 Å². The third-order valence-electron chi connectivity index (χ3n) is 2.97. The van der Waals surface area contributed by atoms with Gasteiger partial charge in [0.15, 0.2) is 0 Å². The molecule has 0 amide bonds. The fourth-order valence-electron chi connectivity index (χ4n) is 1.71. The lowest BCUT2D eigenvalue weighted by atomic mass is 9.85. The SMILES string of the molecule is O=[N+]([O-])c1ccc(Br)c(NCC2CCC2)c1. The van der Waals surface area contributed by atoms with Gasteiger partial charge in [-0.3, -0.25) is 10.1 Å². The average molecular weight is 285 g/mol. The number of hydrogen-bond acceptors (Lipinski definition) is 3. The number of halogens is 1. The topological polar surface area (TPSA) is 55.2 Å². The Balaban J connectivity index is 2.05. The molecule has 1 aliphatic carbocycles. The Labute approximate surface area is 102 Å². The first kappa shape index (κ1) is 11.4. The molecule has 0 bridgehead atoms. The van der Waals surface area contributed by atoms with Gasteiger partial charge in [0.1, 0.15) is 0 Å². The number of benzene rings is 1. The number of hydrogen-bond donors (Lipinski definition) is 1. The molecule has 5 heteroatoms. The van der Waals surface area contributed by atoms with Crippen molar-refractivity contribution >= 4 is 27.3 Å². The second-order valence-corrected chi connectivity index (χ2v) is 4.95. The number of nitrogens with one attached hydrogen (secondary N) is 1. The summed E-state index contributed by atoms with van der Waals surface area (Å²) in [5.41, 5.74) is 0.931. The van der Waals surface area contributed by atoms with Crippen molar-refractivity contribution in [2.45, 2.75) is 19.3 Å². The average Bonchev–Trinajstić information content (AvgIpc) is 2.18. The largest absolute Gasteiger partial charge is 0.384 e. The molecule has 1 saturated carbocycles. The zero-order valence-corrected chi connectivity index (χ0v) is 10.4. The number of rotatable bonds is 4. The molecule has 0 radical (unpaired) electrons. The quantitative estimate of drug-likeness (QED) is 0.679. The predicted octanol–water partition coefficient (Wildman–Crippen LogP) is 3.57. The van der Waals surface area contributed by atoms with Gasteiger partial charge in [-0.2, -0.15) is 0 Å². The Morgan fingerprint density at radius 3 is 2.81 bits per heavy atom. The highest BCUT2D eigenvalue weighted by Crippen LogP contribution is 2.30. The van der Waals surface area contributed by atoms with Crippen LogP contribution in [0, 0.1) is 16.0 Å². The van der Waals surface area contributed by atoms with Crippen LogP contribution in [0.5, 0.6) is 0 Å². The molecular formula is C11H13BrN2O2. The Morgan fingerprint density at radius 2 is 2.25 bits per heavy atom. The molecule has 0 aliphatic heterocycles. The Hall–Kier alpha value is -1.10. The highest BCUT2D eigenvalue weighted by Gasteiger charge is 2.17. The van der Waals surface area contributed by atoms with Crippen molar-refractivity contribution in [1.29, 1.82) is 0 Å². The molecule has 0 unspecified atom stereocenters. The third-order valence-corrected chi connectivity index (χ3v) is 3.66. The molecule has 1 aliphatic rings. The summed E-state index contributed by atoms with van der Waals surface area (Å²) in [6.07, 6.45) is 3.83. The molecule has 0 heterocycles. The van der Waals surface area contributed by atoms with E-state index in [0.29, 0.717) is 0 Å². The molecule has 0 atom stereocenters. The van der Waals surface area contributed by atoms with E-state index in [1.165, 1.54) is 25.3 Å². The minimum atomic E-state index is -0.374. The summed E-state index contributed by atoms with van der Waals surface area (Å²) < 4.78 is 0.873. The van der Waals surface area contributed by atoms with Crippen molar-refractivity contribution in [2.24, 2.45) is 5.92 Å². The fourth-order valence-corrected chi connectivity index (χ4v) is 2.10. The van der Waals surface area contributed by atoms with Crippen LogP contribution < -0.4 is 5.32 Å². The standard InChI is InChI=1S/C11H13BrN2O2/c12-10-5-4-9(14(15)16)6-11(10)13-7-8-2-1-3-8/h4-6,8,13H,1-3,7H2. The number of nitro benzene ring substituents is 1. The van der Waals surface area contributed by atoms with Gasteiger partial charge in [-0.1, -0.05) is 6.42 Å². The molecular weight excluding hydrogens is 272 g/mol. The minimum absolute atomic E-state index is 0.124. The molecule has 1 N–H and O–H groups in total. The highest BCUT2D eigenvalue weighted by atomic mass is 79.9. The van der Waals surface area contributed by atoms with Crippen molar-refractivity contribution in [3.63, 3.8) is 0 Å². The lowest BCUT2D eigenvalue weighted by Gasteiger charge is -2.26. The zero-order chi connectivity index (χ0) is 11.5. The van der Waals surface area contributed by atoms with E-state index >= 15 is 0 Å². The van der Waals surface area contributed by atoms with Gasteiger partial charge in [-0.25, -0.2) is 0 Å². The van der Waals surface area contributed by atoms with Crippen LogP contribution in [0.4, 0.5) is 11.4 Å². The van der Waals surface area contributed by atoms with Crippen LogP contribution in [-0.4, -0.2) is 11.5 Å². The van der Waals surface area contributed by atoms with Crippen molar-refractivity contribution in [2.75, 3.05) is 11.9 Å². The maximum Gasteiger partial charge on any atom is 0.271 e. The summed E-state index contributed by atoms with van der Waals surface area (Å²) in [5, 5.41) is 13.9. The second-order valence-electron chi connectivity index (χ2n) is 4.10. The summed E-state index contributed by atoms with van der Waals surface area (Å²) in [4.78, 5) is 10.3. The van der Waals surface area contributed by atoms with E-state index in [1.54, 1.807) is 12.1 Å². The fraction of sp³-hybridized carbons (Fsp3) is 0.455. The minimum Gasteiger partial charge on any atom is -0.384 e. The first-order valence-corrected chi connectivity index (χ1v) is 6.14. The molecule has 2 rings (SSSR count). The molecule has 0 spiro atoms. The van der Waals surface area contributed by atoms with Gasteiger partial charge in [-0.15, -0.1) is 0 Å². The first-order valence-electron chi connectivity index (χ1n) is 5.34. The van der Waals surface area contributed by atoms with E-state index in [2.05, 4.69) is 21.2 Å². The molecule has 0 aromatic heterocycles. The molecule has 1 fully saturated rings. The van der Waals surface area contributed by atoms with Gasteiger partial charge in [0.2, 0.25) is 0 Å². The van der Waals surface area contributed by atoms with Crippen LogP contribution in [0.2, 0.25) is 0 Å². The van der Waals surface area contributed by atoms with Gasteiger partial charge in [0.05, 0.1) is 10.6 Å². The summed E-state index contributed by atoms with van der Waals surface area (Å²) >= 11 is 3.38. The maximum atomic E-state index is 10.6. The van der Waals surface area contributed by atoms with E-state index in [4.69, 9.17) is 0 Å². The molecule has 0 saturated heterocycles. The number of non-ortho nitro benzene ring substituents is 1. The normalized spacial score (nSPS) is 15.6. The molecule has 86 valence electrons. The monoisotopic (exact) mass is 284 g/mol. The van der Waals surface area contributed by atoms with Gasteiger partial charge in [-0.05, 0) is 40.8 Å². The van der Waals surface area contributed by atoms with Gasteiger partial charge in [0.25, 0.3) is 5.69 Å². The van der Waals surface area contributed by atoms with Crippen LogP contribution in [0.3, 0.4) is 0 Å². The number of nitrogens with zero attached hydrogens (tertiary/aromatic N) is 1. The van der Waals surface area contributed by atoms with Gasteiger partial charge < -0.3 is 5.32 Å². The molecule has 1 aromatic carbocycles. The number of nitro groups is 1. The van der Waals surface area contributed by atoms with Crippen LogP contribution in [-0.2, 0) is 0 Å². The Kier molecular flexibility index (Phi) is 3.43. The van der Waals surface area contributed by atoms with Gasteiger partial charge >= 0.3 is 0 Å². The van der Waals surface area contributed by atoms with Crippen molar-refractivity contribution in [3.05, 3.63) is 32.8 Å². The Morgan fingerprint density at radius 1 is 1.50 bits per heavy atom. The number of anilines is 1. The van der Waals surface area contributed by atoms with Crippen molar-refractivity contribution < 1.29 is 4.92 Å². The van der Waals surface area contributed by atoms with E-state index in [0.717, 1.165) is 22.6 Å². The van der Waals surface area contributed by atoms with Crippen molar-refractivity contribution in [1.82, 2.24) is 0 Å². The summed E-state index contributed by atoms with van der Waals surface area (Å²) in [6, 6.07) is 4.78. The second kappa shape index (κ2) is 4.82. The summed E-state index contributed by atoms with van der Waals surface area (Å²) in [7, 11) is 0. The Bertz CT molecular complexity index is 405.